The van der Waals surface area contributed by atoms with Crippen molar-refractivity contribution in [3.63, 3.8) is 0 Å². The number of phenols is 1. The van der Waals surface area contributed by atoms with E-state index in [1.807, 2.05) is 50.9 Å². The average molecular weight is 348 g/mol. The first-order valence-corrected chi connectivity index (χ1v) is 8.01. The Morgan fingerprint density at radius 1 is 1.17 bits per heavy atom. The van der Waals surface area contributed by atoms with Crippen LogP contribution < -0.4 is 4.90 Å². The molecule has 2 aromatic carbocycles. The predicted molar refractivity (Wildman–Crippen MR) is 98.0 cm³/mol. The van der Waals surface area contributed by atoms with Crippen molar-refractivity contribution in [2.24, 2.45) is 0 Å². The molecule has 0 unspecified atom stereocenters. The maximum atomic E-state index is 11.7. The first-order chi connectivity index (χ1) is 11.0. The van der Waals surface area contributed by atoms with Crippen LogP contribution in [0.1, 0.15) is 42.3 Å². The lowest BCUT2D eigenvalue weighted by Crippen LogP contribution is -2.18. The highest BCUT2D eigenvalue weighted by Gasteiger charge is 2.27. The van der Waals surface area contributed by atoms with Crippen molar-refractivity contribution in [3.8, 4) is 5.75 Å². The van der Waals surface area contributed by atoms with E-state index < -0.39 is 11.4 Å². The van der Waals surface area contributed by atoms with Gasteiger partial charge in [0.15, 0.2) is 0 Å². The van der Waals surface area contributed by atoms with Gasteiger partial charge in [0.05, 0.1) is 0 Å². The molecule has 2 aromatic rings. The van der Waals surface area contributed by atoms with Gasteiger partial charge in [0.2, 0.25) is 0 Å². The Bertz CT molecular complexity index is 777. The maximum absolute atomic E-state index is 11.7. The number of carbonyl (C=O) groups is 1. The summed E-state index contributed by atoms with van der Waals surface area (Å²) in [5.74, 6) is -1.30. The van der Waals surface area contributed by atoms with Crippen molar-refractivity contribution in [3.05, 3.63) is 52.0 Å². The lowest BCUT2D eigenvalue weighted by molar-refractivity contribution is 0.0692. The highest BCUT2D eigenvalue weighted by Crippen LogP contribution is 2.41. The lowest BCUT2D eigenvalue weighted by Gasteiger charge is -2.28. The van der Waals surface area contributed by atoms with Crippen LogP contribution in [0.3, 0.4) is 0 Å². The largest absolute Gasteiger partial charge is 0.507 e. The molecule has 0 heterocycles. The molecule has 2 rings (SSSR count). The van der Waals surface area contributed by atoms with Gasteiger partial charge in [-0.2, -0.15) is 0 Å². The van der Waals surface area contributed by atoms with Gasteiger partial charge >= 0.3 is 5.97 Å². The normalized spacial score (nSPS) is 11.4. The van der Waals surface area contributed by atoms with Crippen LogP contribution >= 0.6 is 11.6 Å². The number of carboxylic acid groups (broad SMARTS) is 1. The number of rotatable bonds is 3. The molecular weight excluding hydrogens is 326 g/mol. The summed E-state index contributed by atoms with van der Waals surface area (Å²) in [4.78, 5) is 13.6. The second-order valence-electron chi connectivity index (χ2n) is 6.88. The molecule has 0 bridgehead atoms. The van der Waals surface area contributed by atoms with Gasteiger partial charge in [0, 0.05) is 29.0 Å². The van der Waals surface area contributed by atoms with Gasteiger partial charge < -0.3 is 15.1 Å². The fourth-order valence-electron chi connectivity index (χ4n) is 2.74. The quantitative estimate of drug-likeness (QED) is 0.809. The van der Waals surface area contributed by atoms with Crippen molar-refractivity contribution >= 4 is 28.9 Å². The van der Waals surface area contributed by atoms with Gasteiger partial charge in [-0.1, -0.05) is 32.4 Å². The van der Waals surface area contributed by atoms with Gasteiger partial charge in [0.1, 0.15) is 11.3 Å². The number of anilines is 2. The third-order valence-corrected chi connectivity index (χ3v) is 4.38. The number of carboxylic acids is 1. The molecule has 24 heavy (non-hydrogen) atoms. The molecule has 0 aromatic heterocycles. The highest BCUT2D eigenvalue weighted by molar-refractivity contribution is 6.30. The molecular formula is C19H22ClNO3. The summed E-state index contributed by atoms with van der Waals surface area (Å²) >= 11 is 5.94. The summed E-state index contributed by atoms with van der Waals surface area (Å²) in [5, 5.41) is 20.7. The topological polar surface area (TPSA) is 60.8 Å². The van der Waals surface area contributed by atoms with Crippen LogP contribution in [0.15, 0.2) is 30.3 Å². The zero-order valence-corrected chi connectivity index (χ0v) is 15.3. The number of benzene rings is 2. The molecule has 0 radical (unpaired) electrons. The van der Waals surface area contributed by atoms with Gasteiger partial charge in [-0.25, -0.2) is 4.79 Å². The number of hydrogen-bond acceptors (Lipinski definition) is 3. The SMILES string of the molecule is Cc1c(N(C)c2ccc(Cl)cc2)cc(C(C)(C)C)c(O)c1C(=O)O. The molecule has 0 fully saturated rings. The lowest BCUT2D eigenvalue weighted by atomic mass is 9.83. The van der Waals surface area contributed by atoms with E-state index in [0.29, 0.717) is 16.1 Å². The Hall–Kier alpha value is -2.20. The summed E-state index contributed by atoms with van der Waals surface area (Å²) in [6, 6.07) is 9.15. The standard InChI is InChI=1S/C19H22ClNO3/c1-11-15(21(5)13-8-6-12(20)7-9-13)10-14(19(2,3)4)17(22)16(11)18(23)24/h6-10,22H,1-5H3,(H,23,24). The molecule has 0 aliphatic carbocycles. The Morgan fingerprint density at radius 2 is 1.71 bits per heavy atom. The number of halogens is 1. The Labute approximate surface area is 147 Å². The summed E-state index contributed by atoms with van der Waals surface area (Å²) in [6.07, 6.45) is 0. The van der Waals surface area contributed by atoms with Gasteiger partial charge in [-0.05, 0) is 48.2 Å². The zero-order chi connectivity index (χ0) is 18.2. The first kappa shape index (κ1) is 18.1. The summed E-state index contributed by atoms with van der Waals surface area (Å²) in [7, 11) is 1.86. The Morgan fingerprint density at radius 3 is 2.17 bits per heavy atom. The number of aromatic carboxylic acids is 1. The van der Waals surface area contributed by atoms with E-state index >= 15 is 0 Å². The molecule has 0 saturated heterocycles. The molecule has 5 heteroatoms. The van der Waals surface area contributed by atoms with Crippen molar-refractivity contribution in [2.75, 3.05) is 11.9 Å². The molecule has 4 nitrogen and oxygen atoms in total. The van der Waals surface area contributed by atoms with E-state index in [-0.39, 0.29) is 11.3 Å². The molecule has 2 N–H and O–H groups in total. The van der Waals surface area contributed by atoms with Crippen molar-refractivity contribution in [2.45, 2.75) is 33.1 Å². The van der Waals surface area contributed by atoms with Crippen LogP contribution in [0.25, 0.3) is 0 Å². The Balaban J connectivity index is 2.71. The van der Waals surface area contributed by atoms with Gasteiger partial charge in [-0.3, -0.25) is 0 Å². The second-order valence-corrected chi connectivity index (χ2v) is 7.32. The summed E-state index contributed by atoms with van der Waals surface area (Å²) in [5.41, 5.74) is 2.28. The van der Waals surface area contributed by atoms with Crippen LogP contribution in [0.5, 0.6) is 5.75 Å². The zero-order valence-electron chi connectivity index (χ0n) is 14.5. The van der Waals surface area contributed by atoms with Crippen LogP contribution in [0.2, 0.25) is 5.02 Å². The maximum Gasteiger partial charge on any atom is 0.339 e. The van der Waals surface area contributed by atoms with Crippen LogP contribution in [0, 0.1) is 6.92 Å². The third kappa shape index (κ3) is 3.34. The monoisotopic (exact) mass is 347 g/mol. The molecule has 128 valence electrons. The van der Waals surface area contributed by atoms with E-state index in [1.165, 1.54) is 0 Å². The molecule has 0 aliphatic heterocycles. The fraction of sp³-hybridized carbons (Fsp3) is 0.316. The summed E-state index contributed by atoms with van der Waals surface area (Å²) in [6.45, 7) is 7.52. The molecule has 0 amide bonds. The van der Waals surface area contributed by atoms with Crippen LogP contribution in [-0.4, -0.2) is 23.2 Å². The van der Waals surface area contributed by atoms with Crippen LogP contribution in [-0.2, 0) is 5.41 Å². The number of hydrogen-bond donors (Lipinski definition) is 2. The van der Waals surface area contributed by atoms with E-state index in [2.05, 4.69) is 0 Å². The summed E-state index contributed by atoms with van der Waals surface area (Å²) < 4.78 is 0. The van der Waals surface area contributed by atoms with E-state index in [9.17, 15) is 15.0 Å². The van der Waals surface area contributed by atoms with E-state index in [0.717, 1.165) is 11.4 Å². The second kappa shape index (κ2) is 6.36. The van der Waals surface area contributed by atoms with Crippen molar-refractivity contribution in [1.29, 1.82) is 0 Å². The smallest absolute Gasteiger partial charge is 0.339 e. The third-order valence-electron chi connectivity index (χ3n) is 4.13. The van der Waals surface area contributed by atoms with Crippen molar-refractivity contribution < 1.29 is 15.0 Å². The van der Waals surface area contributed by atoms with Gasteiger partial charge in [0.25, 0.3) is 0 Å². The molecule has 0 atom stereocenters. The number of aromatic hydroxyl groups is 1. The molecule has 0 aliphatic rings. The molecule has 0 spiro atoms. The van der Waals surface area contributed by atoms with Crippen molar-refractivity contribution in [1.82, 2.24) is 0 Å². The molecule has 0 saturated carbocycles. The Kier molecular flexibility index (Phi) is 4.81. The van der Waals surface area contributed by atoms with E-state index in [1.54, 1.807) is 19.1 Å². The highest BCUT2D eigenvalue weighted by atomic mass is 35.5. The average Bonchev–Trinajstić information content (AvgIpc) is 2.45. The minimum Gasteiger partial charge on any atom is -0.507 e. The first-order valence-electron chi connectivity index (χ1n) is 7.63. The van der Waals surface area contributed by atoms with Crippen LogP contribution in [0.4, 0.5) is 11.4 Å². The van der Waals surface area contributed by atoms with Gasteiger partial charge in [-0.15, -0.1) is 0 Å². The minimum atomic E-state index is -1.14. The number of nitrogens with zero attached hydrogens (tertiary/aromatic N) is 1. The predicted octanol–water partition coefficient (Wildman–Crippen LogP) is 5.12. The fourth-order valence-corrected chi connectivity index (χ4v) is 2.87. The minimum absolute atomic E-state index is 0.0572. The van der Waals surface area contributed by atoms with E-state index in [4.69, 9.17) is 11.6 Å².